The van der Waals surface area contributed by atoms with Gasteiger partial charge >= 0.3 is 0 Å². The Labute approximate surface area is 116 Å². The van der Waals surface area contributed by atoms with Crippen molar-refractivity contribution in [1.29, 1.82) is 0 Å². The maximum Gasteiger partial charge on any atom is 0.287 e. The lowest BCUT2D eigenvalue weighted by Crippen LogP contribution is -2.28. The number of carbonyl (C=O) groups excluding carboxylic acids is 1. The molecule has 1 aliphatic carbocycles. The van der Waals surface area contributed by atoms with Gasteiger partial charge in [0.05, 0.1) is 11.9 Å². The van der Waals surface area contributed by atoms with Crippen LogP contribution in [0.1, 0.15) is 26.2 Å². The molecule has 0 saturated heterocycles. The van der Waals surface area contributed by atoms with E-state index in [2.05, 4.69) is 15.7 Å². The van der Waals surface area contributed by atoms with Crippen LogP contribution in [0.15, 0.2) is 11.0 Å². The third-order valence-corrected chi connectivity index (χ3v) is 3.26. The van der Waals surface area contributed by atoms with Crippen LogP contribution in [0.4, 0.5) is 5.69 Å². The molecule has 0 radical (unpaired) electrons. The molecule has 1 aromatic heterocycles. The molecule has 1 heterocycles. The lowest BCUT2D eigenvalue weighted by molar-refractivity contribution is -0.120. The molecule has 0 unspecified atom stereocenters. The first-order chi connectivity index (χ1) is 9.11. The molecule has 104 valence electrons. The largest absolute Gasteiger partial charge is 0.382 e. The van der Waals surface area contributed by atoms with Crippen molar-refractivity contribution in [3.05, 3.63) is 21.6 Å². The van der Waals surface area contributed by atoms with Crippen LogP contribution in [-0.2, 0) is 11.3 Å². The summed E-state index contributed by atoms with van der Waals surface area (Å²) in [5.74, 6) is 0.0148. The smallest absolute Gasteiger partial charge is 0.287 e. The molecule has 1 amide bonds. The van der Waals surface area contributed by atoms with E-state index in [1.165, 1.54) is 10.9 Å². The fourth-order valence-electron chi connectivity index (χ4n) is 1.65. The summed E-state index contributed by atoms with van der Waals surface area (Å²) in [6.45, 7) is 2.72. The summed E-state index contributed by atoms with van der Waals surface area (Å²) in [4.78, 5) is 23.2. The molecule has 1 aliphatic rings. The molecule has 1 fully saturated rings. The number of rotatable bonds is 6. The van der Waals surface area contributed by atoms with Gasteiger partial charge in [-0.15, -0.1) is 0 Å². The van der Waals surface area contributed by atoms with Crippen LogP contribution < -0.4 is 16.2 Å². The number of aryl methyl sites for hydroxylation is 1. The number of anilines is 1. The van der Waals surface area contributed by atoms with Gasteiger partial charge in [-0.2, -0.15) is 5.10 Å². The molecule has 7 heteroatoms. The van der Waals surface area contributed by atoms with Crippen molar-refractivity contribution in [2.45, 2.75) is 38.8 Å². The Bertz CT molecular complexity index is 525. The number of hydrogen-bond donors (Lipinski definition) is 2. The zero-order chi connectivity index (χ0) is 13.8. The number of amides is 1. The molecular formula is C12H17ClN4O2. The van der Waals surface area contributed by atoms with Gasteiger partial charge < -0.3 is 10.6 Å². The van der Waals surface area contributed by atoms with Gasteiger partial charge in [-0.05, 0) is 19.8 Å². The van der Waals surface area contributed by atoms with E-state index in [-0.39, 0.29) is 16.5 Å². The van der Waals surface area contributed by atoms with E-state index < -0.39 is 0 Å². The first-order valence-electron chi connectivity index (χ1n) is 6.40. The zero-order valence-electron chi connectivity index (χ0n) is 10.8. The van der Waals surface area contributed by atoms with E-state index >= 15 is 0 Å². The molecule has 1 saturated carbocycles. The van der Waals surface area contributed by atoms with E-state index in [1.54, 1.807) is 0 Å². The fraction of sp³-hybridized carbons (Fsp3) is 0.583. The Morgan fingerprint density at radius 2 is 2.32 bits per heavy atom. The summed E-state index contributed by atoms with van der Waals surface area (Å²) in [7, 11) is 0. The van der Waals surface area contributed by atoms with Gasteiger partial charge in [0.1, 0.15) is 5.02 Å². The highest BCUT2D eigenvalue weighted by Gasteiger charge is 2.22. The van der Waals surface area contributed by atoms with Crippen molar-refractivity contribution >= 4 is 23.2 Å². The molecule has 0 bridgehead atoms. The molecule has 0 aliphatic heterocycles. The molecular weight excluding hydrogens is 268 g/mol. The minimum Gasteiger partial charge on any atom is -0.382 e. The van der Waals surface area contributed by atoms with E-state index in [9.17, 15) is 9.59 Å². The molecule has 19 heavy (non-hydrogen) atoms. The summed E-state index contributed by atoms with van der Waals surface area (Å²) >= 11 is 5.95. The van der Waals surface area contributed by atoms with Gasteiger partial charge in [-0.3, -0.25) is 9.59 Å². The third-order valence-electron chi connectivity index (χ3n) is 2.89. The first-order valence-corrected chi connectivity index (χ1v) is 6.78. The summed E-state index contributed by atoms with van der Waals surface area (Å²) in [5, 5.41) is 9.93. The van der Waals surface area contributed by atoms with Crippen LogP contribution in [0.5, 0.6) is 0 Å². The first kappa shape index (κ1) is 13.9. The second-order valence-corrected chi connectivity index (χ2v) is 4.89. The monoisotopic (exact) mass is 284 g/mol. The van der Waals surface area contributed by atoms with E-state index in [0.29, 0.717) is 31.2 Å². The van der Waals surface area contributed by atoms with Crippen LogP contribution in [0.25, 0.3) is 0 Å². The highest BCUT2D eigenvalue weighted by molar-refractivity contribution is 6.32. The predicted octanol–water partition coefficient (Wildman–Crippen LogP) is 0.997. The second kappa shape index (κ2) is 6.06. The SMILES string of the molecule is CCn1ncc(NCCC(=O)NC2CC2)c(Cl)c1=O. The molecule has 1 aromatic rings. The fourth-order valence-corrected chi connectivity index (χ4v) is 1.86. The lowest BCUT2D eigenvalue weighted by atomic mass is 10.3. The van der Waals surface area contributed by atoms with Crippen LogP contribution in [0.2, 0.25) is 5.02 Å². The quantitative estimate of drug-likeness (QED) is 0.817. The number of carbonyl (C=O) groups is 1. The number of nitrogens with one attached hydrogen (secondary N) is 2. The highest BCUT2D eigenvalue weighted by atomic mass is 35.5. The van der Waals surface area contributed by atoms with E-state index in [0.717, 1.165) is 12.8 Å². The van der Waals surface area contributed by atoms with Gasteiger partial charge in [-0.25, -0.2) is 4.68 Å². The van der Waals surface area contributed by atoms with E-state index in [4.69, 9.17) is 11.6 Å². The van der Waals surface area contributed by atoms with Crippen LogP contribution in [0.3, 0.4) is 0 Å². The molecule has 0 aromatic carbocycles. The average molecular weight is 285 g/mol. The Morgan fingerprint density at radius 3 is 2.95 bits per heavy atom. The van der Waals surface area contributed by atoms with Gasteiger partial charge in [0.15, 0.2) is 0 Å². The van der Waals surface area contributed by atoms with Gasteiger partial charge in [-0.1, -0.05) is 11.6 Å². The van der Waals surface area contributed by atoms with Crippen molar-refractivity contribution in [2.24, 2.45) is 0 Å². The zero-order valence-corrected chi connectivity index (χ0v) is 11.5. The maximum absolute atomic E-state index is 11.7. The summed E-state index contributed by atoms with van der Waals surface area (Å²) in [6, 6.07) is 0.367. The average Bonchev–Trinajstić information content (AvgIpc) is 3.18. The minimum absolute atomic E-state index is 0.0148. The van der Waals surface area contributed by atoms with Crippen LogP contribution >= 0.6 is 11.6 Å². The van der Waals surface area contributed by atoms with Crippen molar-refractivity contribution < 1.29 is 4.79 Å². The second-order valence-electron chi connectivity index (χ2n) is 4.51. The number of nitrogens with zero attached hydrogens (tertiary/aromatic N) is 2. The molecule has 0 spiro atoms. The summed E-state index contributed by atoms with van der Waals surface area (Å²) < 4.78 is 1.29. The number of halogens is 1. The molecule has 2 rings (SSSR count). The normalized spacial score (nSPS) is 14.2. The standard InChI is InChI=1S/C12H17ClN4O2/c1-2-17-12(19)11(13)9(7-15-17)14-6-5-10(18)16-8-3-4-8/h7-8,14H,2-6H2,1H3,(H,16,18). The molecule has 6 nitrogen and oxygen atoms in total. The maximum atomic E-state index is 11.7. The van der Waals surface area contributed by atoms with Gasteiger partial charge in [0.25, 0.3) is 5.56 Å². The Hall–Kier alpha value is -1.56. The van der Waals surface area contributed by atoms with Gasteiger partial charge in [0, 0.05) is 25.6 Å². The van der Waals surface area contributed by atoms with Crippen molar-refractivity contribution in [3.8, 4) is 0 Å². The summed E-state index contributed by atoms with van der Waals surface area (Å²) in [5.41, 5.74) is 0.146. The lowest BCUT2D eigenvalue weighted by Gasteiger charge is -2.09. The van der Waals surface area contributed by atoms with Crippen molar-refractivity contribution in [3.63, 3.8) is 0 Å². The Balaban J connectivity index is 1.87. The predicted molar refractivity (Wildman–Crippen MR) is 73.5 cm³/mol. The van der Waals surface area contributed by atoms with Crippen molar-refractivity contribution in [1.82, 2.24) is 15.1 Å². The van der Waals surface area contributed by atoms with Crippen LogP contribution in [-0.4, -0.2) is 28.3 Å². The highest BCUT2D eigenvalue weighted by Crippen LogP contribution is 2.18. The molecule has 0 atom stereocenters. The Kier molecular flexibility index (Phi) is 4.42. The van der Waals surface area contributed by atoms with Crippen LogP contribution in [0, 0.1) is 0 Å². The molecule has 2 N–H and O–H groups in total. The van der Waals surface area contributed by atoms with Crippen molar-refractivity contribution in [2.75, 3.05) is 11.9 Å². The minimum atomic E-state index is -0.323. The Morgan fingerprint density at radius 1 is 1.58 bits per heavy atom. The number of hydrogen-bond acceptors (Lipinski definition) is 4. The number of aromatic nitrogens is 2. The van der Waals surface area contributed by atoms with E-state index in [1.807, 2.05) is 6.92 Å². The summed E-state index contributed by atoms with van der Waals surface area (Å²) in [6.07, 6.45) is 4.00. The topological polar surface area (TPSA) is 76.0 Å². The van der Waals surface area contributed by atoms with Gasteiger partial charge in [0.2, 0.25) is 5.91 Å². The third kappa shape index (κ3) is 3.70.